The summed E-state index contributed by atoms with van der Waals surface area (Å²) >= 11 is 0. The van der Waals surface area contributed by atoms with Gasteiger partial charge in [-0.25, -0.2) is 8.42 Å². The maximum atomic E-state index is 12.3. The zero-order valence-corrected chi connectivity index (χ0v) is 14.7. The molecule has 2 heterocycles. The molecule has 1 atom stereocenters. The van der Waals surface area contributed by atoms with Crippen molar-refractivity contribution in [3.63, 3.8) is 0 Å². The van der Waals surface area contributed by atoms with Gasteiger partial charge in [-0.2, -0.15) is 0 Å². The van der Waals surface area contributed by atoms with Crippen LogP contribution in [0.5, 0.6) is 0 Å². The van der Waals surface area contributed by atoms with Crippen LogP contribution in [0.3, 0.4) is 0 Å². The van der Waals surface area contributed by atoms with Gasteiger partial charge in [0.1, 0.15) is 5.82 Å². The van der Waals surface area contributed by atoms with Crippen LogP contribution in [0.1, 0.15) is 29.4 Å². The Kier molecular flexibility index (Phi) is 4.98. The summed E-state index contributed by atoms with van der Waals surface area (Å²) in [6, 6.07) is 10.7. The maximum absolute atomic E-state index is 12.3. The van der Waals surface area contributed by atoms with Crippen LogP contribution in [0.2, 0.25) is 0 Å². The first-order chi connectivity index (χ1) is 12.0. The van der Waals surface area contributed by atoms with Gasteiger partial charge in [0.05, 0.1) is 11.5 Å². The summed E-state index contributed by atoms with van der Waals surface area (Å²) in [5.41, 5.74) is 2.01. The van der Waals surface area contributed by atoms with Gasteiger partial charge in [0, 0.05) is 11.7 Å². The molecule has 25 heavy (non-hydrogen) atoms. The zero-order valence-electron chi connectivity index (χ0n) is 13.9. The number of hydrogen-bond acceptors (Lipinski definition) is 6. The van der Waals surface area contributed by atoms with Gasteiger partial charge in [-0.15, -0.1) is 10.2 Å². The number of aromatic nitrogens is 2. The fraction of sp³-hybridized carbons (Fsp3) is 0.353. The molecule has 1 aliphatic rings. The van der Waals surface area contributed by atoms with E-state index in [-0.39, 0.29) is 29.1 Å². The van der Waals surface area contributed by atoms with Crippen LogP contribution in [-0.2, 0) is 16.3 Å². The van der Waals surface area contributed by atoms with Gasteiger partial charge in [-0.05, 0) is 36.6 Å². The van der Waals surface area contributed by atoms with Crippen LogP contribution in [0, 0.1) is 0 Å². The van der Waals surface area contributed by atoms with E-state index in [2.05, 4.69) is 20.8 Å². The van der Waals surface area contributed by atoms with Crippen molar-refractivity contribution in [1.29, 1.82) is 0 Å². The number of nitrogens with zero attached hydrogens (tertiary/aromatic N) is 2. The smallest absolute Gasteiger partial charge is 0.276 e. The zero-order chi connectivity index (χ0) is 17.9. The monoisotopic (exact) mass is 360 g/mol. The number of rotatable bonds is 5. The summed E-state index contributed by atoms with van der Waals surface area (Å²) < 4.78 is 22.9. The van der Waals surface area contributed by atoms with Crippen LogP contribution in [0.4, 0.5) is 11.5 Å². The van der Waals surface area contributed by atoms with Crippen molar-refractivity contribution >= 4 is 27.2 Å². The van der Waals surface area contributed by atoms with E-state index < -0.39 is 9.84 Å². The molecular formula is C17H20N4O3S. The number of amides is 1. The predicted octanol–water partition coefficient (Wildman–Crippen LogP) is 1.89. The van der Waals surface area contributed by atoms with Crippen molar-refractivity contribution in [2.75, 3.05) is 22.1 Å². The minimum Gasteiger partial charge on any atom is -0.365 e. The van der Waals surface area contributed by atoms with E-state index in [0.717, 1.165) is 17.7 Å². The fourth-order valence-corrected chi connectivity index (χ4v) is 4.46. The number of hydrogen-bond donors (Lipinski definition) is 2. The van der Waals surface area contributed by atoms with Gasteiger partial charge in [0.25, 0.3) is 5.91 Å². The highest BCUT2D eigenvalue weighted by Crippen LogP contribution is 2.18. The molecule has 1 fully saturated rings. The van der Waals surface area contributed by atoms with Gasteiger partial charge in [-0.1, -0.05) is 25.1 Å². The summed E-state index contributed by atoms with van der Waals surface area (Å²) in [6.07, 6.45) is 1.37. The SMILES string of the molecule is CCc1ccccc1NC(=O)c1ccc(NC2CCS(=O)(=O)C2)nn1. The maximum Gasteiger partial charge on any atom is 0.276 e. The van der Waals surface area contributed by atoms with Crippen LogP contribution in [0.25, 0.3) is 0 Å². The van der Waals surface area contributed by atoms with Crippen molar-refractivity contribution in [1.82, 2.24) is 10.2 Å². The average Bonchev–Trinajstić information content (AvgIpc) is 2.94. The normalized spacial score (nSPS) is 18.7. The van der Waals surface area contributed by atoms with Gasteiger partial charge in [0.15, 0.2) is 15.5 Å². The molecule has 7 nitrogen and oxygen atoms in total. The number of carbonyl (C=O) groups is 1. The largest absolute Gasteiger partial charge is 0.365 e. The Hall–Kier alpha value is -2.48. The van der Waals surface area contributed by atoms with Crippen molar-refractivity contribution in [3.8, 4) is 0 Å². The van der Waals surface area contributed by atoms with E-state index in [1.54, 1.807) is 12.1 Å². The standard InChI is InChI=1S/C17H20N4O3S/c1-2-12-5-3-4-6-14(12)19-17(22)15-7-8-16(21-20-15)18-13-9-10-25(23,24)11-13/h3-8,13H,2,9-11H2,1H3,(H,18,21)(H,19,22). The number of anilines is 2. The second kappa shape index (κ2) is 7.18. The fourth-order valence-electron chi connectivity index (χ4n) is 2.79. The van der Waals surface area contributed by atoms with Gasteiger partial charge < -0.3 is 10.6 Å². The average molecular weight is 360 g/mol. The Morgan fingerprint density at radius 1 is 1.20 bits per heavy atom. The van der Waals surface area contributed by atoms with Gasteiger partial charge in [-0.3, -0.25) is 4.79 Å². The summed E-state index contributed by atoms with van der Waals surface area (Å²) in [7, 11) is -2.95. The molecular weight excluding hydrogens is 340 g/mol. The summed E-state index contributed by atoms with van der Waals surface area (Å²) in [4.78, 5) is 12.3. The molecule has 1 unspecified atom stereocenters. The highest BCUT2D eigenvalue weighted by atomic mass is 32.2. The first-order valence-electron chi connectivity index (χ1n) is 8.17. The number of aryl methyl sites for hydroxylation is 1. The lowest BCUT2D eigenvalue weighted by Gasteiger charge is -2.11. The third kappa shape index (κ3) is 4.33. The lowest BCUT2D eigenvalue weighted by Crippen LogP contribution is -2.22. The molecule has 0 bridgehead atoms. The molecule has 132 valence electrons. The molecule has 1 aromatic carbocycles. The van der Waals surface area contributed by atoms with Gasteiger partial charge >= 0.3 is 0 Å². The number of carbonyl (C=O) groups excluding carboxylic acids is 1. The van der Waals surface area contributed by atoms with E-state index in [0.29, 0.717) is 12.2 Å². The molecule has 3 rings (SSSR count). The summed E-state index contributed by atoms with van der Waals surface area (Å²) in [5.74, 6) is 0.427. The highest BCUT2D eigenvalue weighted by molar-refractivity contribution is 7.91. The topological polar surface area (TPSA) is 101 Å². The Labute approximate surface area is 146 Å². The molecule has 2 N–H and O–H groups in total. The van der Waals surface area contributed by atoms with Crippen LogP contribution >= 0.6 is 0 Å². The van der Waals surface area contributed by atoms with E-state index in [1.165, 1.54) is 0 Å². The minimum absolute atomic E-state index is 0.102. The van der Waals surface area contributed by atoms with Crippen LogP contribution in [-0.4, -0.2) is 42.1 Å². The van der Waals surface area contributed by atoms with Crippen molar-refractivity contribution in [3.05, 3.63) is 47.7 Å². The Balaban J connectivity index is 1.64. The molecule has 2 aromatic rings. The highest BCUT2D eigenvalue weighted by Gasteiger charge is 2.28. The molecule has 1 amide bonds. The molecule has 0 radical (unpaired) electrons. The van der Waals surface area contributed by atoms with E-state index in [1.807, 2.05) is 31.2 Å². The first kappa shape index (κ1) is 17.3. The Bertz CT molecular complexity index is 866. The van der Waals surface area contributed by atoms with Crippen molar-refractivity contribution in [2.45, 2.75) is 25.8 Å². The van der Waals surface area contributed by atoms with Gasteiger partial charge in [0.2, 0.25) is 0 Å². The lowest BCUT2D eigenvalue weighted by atomic mass is 10.1. The molecule has 0 spiro atoms. The number of para-hydroxylation sites is 1. The van der Waals surface area contributed by atoms with E-state index in [9.17, 15) is 13.2 Å². The predicted molar refractivity (Wildman–Crippen MR) is 96.5 cm³/mol. The third-order valence-corrected chi connectivity index (χ3v) is 5.90. The summed E-state index contributed by atoms with van der Waals surface area (Å²) in [6.45, 7) is 2.02. The quantitative estimate of drug-likeness (QED) is 0.844. The third-order valence-electron chi connectivity index (χ3n) is 4.13. The number of nitrogens with one attached hydrogen (secondary N) is 2. The molecule has 8 heteroatoms. The Morgan fingerprint density at radius 3 is 2.64 bits per heavy atom. The molecule has 0 saturated carbocycles. The summed E-state index contributed by atoms with van der Waals surface area (Å²) in [5, 5.41) is 13.8. The van der Waals surface area contributed by atoms with Crippen LogP contribution < -0.4 is 10.6 Å². The van der Waals surface area contributed by atoms with E-state index >= 15 is 0 Å². The number of sulfone groups is 1. The second-order valence-electron chi connectivity index (χ2n) is 6.01. The molecule has 1 saturated heterocycles. The van der Waals surface area contributed by atoms with Crippen molar-refractivity contribution < 1.29 is 13.2 Å². The molecule has 0 aliphatic carbocycles. The van der Waals surface area contributed by atoms with Crippen LogP contribution in [0.15, 0.2) is 36.4 Å². The van der Waals surface area contributed by atoms with E-state index in [4.69, 9.17) is 0 Å². The Morgan fingerprint density at radius 2 is 2.00 bits per heavy atom. The number of benzene rings is 1. The van der Waals surface area contributed by atoms with Crippen molar-refractivity contribution in [2.24, 2.45) is 0 Å². The lowest BCUT2D eigenvalue weighted by molar-refractivity contribution is 0.102. The molecule has 1 aliphatic heterocycles. The second-order valence-corrected chi connectivity index (χ2v) is 8.24. The first-order valence-corrected chi connectivity index (χ1v) is 9.99. The molecule has 1 aromatic heterocycles. The minimum atomic E-state index is -2.95.